The molecule has 0 heterocycles. The maximum atomic E-state index is 14.2. The molecule has 0 aliphatic heterocycles. The first-order valence-electron chi connectivity index (χ1n) is 10.5. The average Bonchev–Trinajstić information content (AvgIpc) is 2.79. The van der Waals surface area contributed by atoms with Crippen LogP contribution in [0.2, 0.25) is 0 Å². The number of non-ortho nitro benzene ring substituents is 1. The summed E-state index contributed by atoms with van der Waals surface area (Å²) in [7, 11) is -3.98. The second-order valence-electron chi connectivity index (χ2n) is 8.52. The molecular weight excluding hydrogens is 457 g/mol. The summed E-state index contributed by atoms with van der Waals surface area (Å²) in [4.78, 5) is 23.0. The maximum absolute atomic E-state index is 14.2. The largest absolute Gasteiger partial charge is 0.449 e. The van der Waals surface area contributed by atoms with Crippen LogP contribution < -0.4 is 19.9 Å². The van der Waals surface area contributed by atoms with Gasteiger partial charge in [0.05, 0.1) is 4.92 Å². The van der Waals surface area contributed by atoms with Gasteiger partial charge in [0.15, 0.2) is 5.78 Å². The van der Waals surface area contributed by atoms with E-state index in [1.165, 1.54) is 24.3 Å². The van der Waals surface area contributed by atoms with Crippen molar-refractivity contribution < 1.29 is 23.3 Å². The number of carbonyl (C=O) groups is 1. The Labute approximate surface area is 197 Å². The van der Waals surface area contributed by atoms with E-state index in [-0.39, 0.29) is 11.3 Å². The molecule has 3 rings (SSSR count). The van der Waals surface area contributed by atoms with E-state index in [9.17, 15) is 19.5 Å². The third kappa shape index (κ3) is 6.43. The minimum Gasteiger partial charge on any atom is -0.415 e. The number of benzene rings is 3. The molecule has 34 heavy (non-hydrogen) atoms. The standard InChI is InChI=1S/C24H26N3O6P/c1-24(2,3)23(26-25-22(28)18-14-16-19(17-15-18)27(29)30)34(31,32-20-10-6-4-7-11-20)33-21-12-8-5-9-13-21/h4-17,23,26H,1-3H3,(H,25,28). The summed E-state index contributed by atoms with van der Waals surface area (Å²) >= 11 is 0. The fourth-order valence-corrected chi connectivity index (χ4v) is 5.34. The van der Waals surface area contributed by atoms with Crippen molar-refractivity contribution in [3.8, 4) is 11.5 Å². The minimum absolute atomic E-state index is 0.130. The smallest absolute Gasteiger partial charge is 0.415 e. The molecule has 0 aromatic heterocycles. The lowest BCUT2D eigenvalue weighted by molar-refractivity contribution is -0.384. The minimum atomic E-state index is -3.98. The van der Waals surface area contributed by atoms with E-state index in [1.54, 1.807) is 60.7 Å². The van der Waals surface area contributed by atoms with Crippen LogP contribution in [0.5, 0.6) is 11.5 Å². The molecule has 0 aliphatic carbocycles. The van der Waals surface area contributed by atoms with Crippen LogP contribution in [0.25, 0.3) is 0 Å². The Morgan fingerprint density at radius 3 is 1.76 bits per heavy atom. The van der Waals surface area contributed by atoms with Gasteiger partial charge in [0.25, 0.3) is 11.6 Å². The molecular formula is C24H26N3O6P. The average molecular weight is 483 g/mol. The molecule has 0 fully saturated rings. The second-order valence-corrected chi connectivity index (χ2v) is 10.5. The van der Waals surface area contributed by atoms with Gasteiger partial charge < -0.3 is 9.05 Å². The van der Waals surface area contributed by atoms with E-state index in [1.807, 2.05) is 20.8 Å². The first-order valence-corrected chi connectivity index (χ1v) is 12.1. The second kappa shape index (κ2) is 10.5. The van der Waals surface area contributed by atoms with Gasteiger partial charge >= 0.3 is 7.60 Å². The van der Waals surface area contributed by atoms with E-state index in [0.717, 1.165) is 0 Å². The van der Waals surface area contributed by atoms with E-state index >= 15 is 0 Å². The van der Waals surface area contributed by atoms with Gasteiger partial charge in [-0.25, -0.2) is 9.99 Å². The first-order chi connectivity index (χ1) is 16.1. The number of hydrogen-bond acceptors (Lipinski definition) is 7. The molecule has 178 valence electrons. The van der Waals surface area contributed by atoms with Crippen molar-refractivity contribution in [1.82, 2.24) is 10.9 Å². The van der Waals surface area contributed by atoms with E-state index in [0.29, 0.717) is 11.5 Å². The molecule has 1 amide bonds. The molecule has 0 saturated carbocycles. The van der Waals surface area contributed by atoms with Gasteiger partial charge in [-0.3, -0.25) is 20.3 Å². The molecule has 0 bridgehead atoms. The number of nitro groups is 1. The van der Waals surface area contributed by atoms with Crippen molar-refractivity contribution in [1.29, 1.82) is 0 Å². The number of nitrogens with one attached hydrogen (secondary N) is 2. The Bertz CT molecular complexity index is 1120. The van der Waals surface area contributed by atoms with Gasteiger partial charge in [0, 0.05) is 17.7 Å². The first kappa shape index (κ1) is 25.0. The third-order valence-electron chi connectivity index (χ3n) is 4.75. The van der Waals surface area contributed by atoms with Crippen LogP contribution in [-0.4, -0.2) is 16.6 Å². The Hall–Kier alpha value is -3.68. The lowest BCUT2D eigenvalue weighted by Gasteiger charge is -2.36. The summed E-state index contributed by atoms with van der Waals surface area (Å²) in [6.45, 7) is 5.49. The number of hydrogen-bond donors (Lipinski definition) is 2. The highest BCUT2D eigenvalue weighted by atomic mass is 31.2. The van der Waals surface area contributed by atoms with Crippen LogP contribution in [0.15, 0.2) is 84.9 Å². The summed E-state index contributed by atoms with van der Waals surface area (Å²) in [5, 5.41) is 10.9. The molecule has 0 radical (unpaired) electrons. The Kier molecular flexibility index (Phi) is 7.71. The van der Waals surface area contributed by atoms with Gasteiger partial charge in [0.2, 0.25) is 0 Å². The van der Waals surface area contributed by atoms with Crippen LogP contribution in [0.1, 0.15) is 31.1 Å². The molecule has 1 unspecified atom stereocenters. The number of hydrazine groups is 1. The van der Waals surface area contributed by atoms with Gasteiger partial charge in [-0.15, -0.1) is 0 Å². The fourth-order valence-electron chi connectivity index (χ4n) is 3.09. The van der Waals surface area contributed by atoms with Gasteiger partial charge in [-0.05, 0) is 41.8 Å². The van der Waals surface area contributed by atoms with Crippen molar-refractivity contribution in [3.05, 3.63) is 101 Å². The summed E-state index contributed by atoms with van der Waals surface area (Å²) in [6, 6.07) is 22.4. The number of carbonyl (C=O) groups excluding carboxylic acids is 1. The monoisotopic (exact) mass is 483 g/mol. The molecule has 10 heteroatoms. The maximum Gasteiger partial charge on any atom is 0.449 e. The third-order valence-corrected chi connectivity index (χ3v) is 7.22. The zero-order chi connectivity index (χ0) is 24.8. The highest BCUT2D eigenvalue weighted by Gasteiger charge is 2.47. The van der Waals surface area contributed by atoms with E-state index < -0.39 is 29.6 Å². The number of rotatable bonds is 9. The molecule has 3 aromatic carbocycles. The predicted molar refractivity (Wildman–Crippen MR) is 129 cm³/mol. The number of nitro benzene ring substituents is 1. The van der Waals surface area contributed by atoms with Crippen molar-refractivity contribution >= 4 is 19.2 Å². The van der Waals surface area contributed by atoms with Gasteiger partial charge in [-0.2, -0.15) is 0 Å². The number of amides is 1. The SMILES string of the molecule is CC(C)(C)C(NNC(=O)c1ccc([N+](=O)[O-])cc1)P(=O)(Oc1ccccc1)Oc1ccccc1. The highest BCUT2D eigenvalue weighted by molar-refractivity contribution is 7.55. The molecule has 9 nitrogen and oxygen atoms in total. The number of para-hydroxylation sites is 2. The lowest BCUT2D eigenvalue weighted by Crippen LogP contribution is -2.51. The summed E-state index contributed by atoms with van der Waals surface area (Å²) in [5.74, 6) is -0.837. The number of nitrogens with zero attached hydrogens (tertiary/aromatic N) is 1. The zero-order valence-corrected chi connectivity index (χ0v) is 19.9. The van der Waals surface area contributed by atoms with Crippen LogP contribution in [0.4, 0.5) is 5.69 Å². The van der Waals surface area contributed by atoms with Crippen molar-refractivity contribution in [2.45, 2.75) is 26.6 Å². The Morgan fingerprint density at radius 1 is 0.882 bits per heavy atom. The van der Waals surface area contributed by atoms with Crippen LogP contribution in [0.3, 0.4) is 0 Å². The lowest BCUT2D eigenvalue weighted by atomic mass is 9.97. The highest BCUT2D eigenvalue weighted by Crippen LogP contribution is 2.56. The van der Waals surface area contributed by atoms with E-state index in [4.69, 9.17) is 9.05 Å². The molecule has 0 aliphatic rings. The molecule has 1 atom stereocenters. The fraction of sp³-hybridized carbons (Fsp3) is 0.208. The van der Waals surface area contributed by atoms with Gasteiger partial charge in [-0.1, -0.05) is 57.2 Å². The van der Waals surface area contributed by atoms with Crippen LogP contribution in [-0.2, 0) is 4.57 Å². The molecule has 2 N–H and O–H groups in total. The predicted octanol–water partition coefficient (Wildman–Crippen LogP) is 5.55. The molecule has 3 aromatic rings. The van der Waals surface area contributed by atoms with Crippen LogP contribution in [0, 0.1) is 15.5 Å². The normalized spacial score (nSPS) is 12.4. The Balaban J connectivity index is 1.88. The van der Waals surface area contributed by atoms with Crippen molar-refractivity contribution in [2.24, 2.45) is 5.41 Å². The summed E-state index contributed by atoms with van der Waals surface area (Å²) in [5.41, 5.74) is 4.74. The van der Waals surface area contributed by atoms with Gasteiger partial charge in [0.1, 0.15) is 11.5 Å². The summed E-state index contributed by atoms with van der Waals surface area (Å²) < 4.78 is 26.1. The molecule has 0 saturated heterocycles. The Morgan fingerprint density at radius 2 is 1.35 bits per heavy atom. The molecule has 0 spiro atoms. The zero-order valence-electron chi connectivity index (χ0n) is 19.0. The van der Waals surface area contributed by atoms with Crippen LogP contribution >= 0.6 is 7.60 Å². The van der Waals surface area contributed by atoms with Crippen molar-refractivity contribution in [2.75, 3.05) is 0 Å². The van der Waals surface area contributed by atoms with Crippen molar-refractivity contribution in [3.63, 3.8) is 0 Å². The van der Waals surface area contributed by atoms with E-state index in [2.05, 4.69) is 10.9 Å². The quantitative estimate of drug-likeness (QED) is 0.232. The topological polar surface area (TPSA) is 120 Å². The summed E-state index contributed by atoms with van der Waals surface area (Å²) in [6.07, 6.45) is 0.